The van der Waals surface area contributed by atoms with E-state index in [4.69, 9.17) is 4.74 Å². The van der Waals surface area contributed by atoms with Gasteiger partial charge in [0.25, 0.3) is 5.91 Å². The van der Waals surface area contributed by atoms with Gasteiger partial charge in [-0.25, -0.2) is 4.79 Å². The van der Waals surface area contributed by atoms with Crippen molar-refractivity contribution in [2.24, 2.45) is 12.0 Å². The van der Waals surface area contributed by atoms with Gasteiger partial charge in [0.1, 0.15) is 5.00 Å². The van der Waals surface area contributed by atoms with Crippen LogP contribution in [-0.2, 0) is 34.2 Å². The fourth-order valence-electron chi connectivity index (χ4n) is 3.69. The second-order valence-corrected chi connectivity index (χ2v) is 10.5. The third kappa shape index (κ3) is 4.82. The Hall–Kier alpha value is -2.43. The van der Waals surface area contributed by atoms with Crippen molar-refractivity contribution in [1.29, 1.82) is 0 Å². The van der Waals surface area contributed by atoms with Crippen molar-refractivity contribution in [2.75, 3.05) is 23.9 Å². The first-order valence-corrected chi connectivity index (χ1v) is 13.0. The lowest BCUT2D eigenvalue weighted by Gasteiger charge is -2.11. The number of esters is 1. The Balaban J connectivity index is 1.37. The third-order valence-corrected chi connectivity index (χ3v) is 8.45. The Morgan fingerprint density at radius 1 is 1.16 bits per heavy atom. The Labute approximate surface area is 197 Å². The number of fused-ring (bicyclic) bond motifs is 2. The molecule has 0 unspecified atom stereocenters. The smallest absolute Gasteiger partial charge is 0.341 e. The number of rotatable bonds is 6. The van der Waals surface area contributed by atoms with E-state index in [1.807, 2.05) is 35.9 Å². The number of aryl methyl sites for hydroxylation is 2. The van der Waals surface area contributed by atoms with Crippen molar-refractivity contribution in [2.45, 2.75) is 25.7 Å². The number of aromatic nitrogens is 1. The van der Waals surface area contributed by atoms with Gasteiger partial charge in [0.15, 0.2) is 4.80 Å². The Bertz CT molecular complexity index is 1260. The molecule has 4 rings (SSSR count). The number of nitrogens with zero attached hydrogens (tertiary/aromatic N) is 2. The van der Waals surface area contributed by atoms with E-state index in [1.165, 1.54) is 41.5 Å². The summed E-state index contributed by atoms with van der Waals surface area (Å²) in [5.41, 5.74) is 2.51. The quantitative estimate of drug-likeness (QED) is 0.533. The number of hydrogen-bond acceptors (Lipinski definition) is 7. The van der Waals surface area contributed by atoms with Crippen molar-refractivity contribution >= 4 is 67.4 Å². The summed E-state index contributed by atoms with van der Waals surface area (Å²) in [6.07, 6.45) is 3.85. The van der Waals surface area contributed by atoms with Gasteiger partial charge in [-0.3, -0.25) is 9.59 Å². The number of amides is 2. The average molecular weight is 490 g/mol. The lowest BCUT2D eigenvalue weighted by atomic mass is 9.95. The molecule has 0 fully saturated rings. The lowest BCUT2D eigenvalue weighted by molar-refractivity contribution is -0.115. The number of hydrogen-bond donors (Lipinski definition) is 1. The van der Waals surface area contributed by atoms with Gasteiger partial charge in [0, 0.05) is 11.9 Å². The maximum absolute atomic E-state index is 12.5. The number of methoxy groups -OCH3 is 1. The SMILES string of the molecule is COC(=O)c1c(NC(=O)CSCC(=O)N=c2sc3ccccc3n2C)sc2c1CCCC2. The summed E-state index contributed by atoms with van der Waals surface area (Å²) in [6.45, 7) is 0. The number of thiazole rings is 1. The minimum absolute atomic E-state index is 0.100. The van der Waals surface area contributed by atoms with Gasteiger partial charge < -0.3 is 14.6 Å². The van der Waals surface area contributed by atoms with Crippen molar-refractivity contribution < 1.29 is 19.1 Å². The molecule has 2 aromatic heterocycles. The van der Waals surface area contributed by atoms with Gasteiger partial charge in [-0.15, -0.1) is 23.1 Å². The molecule has 1 aliphatic rings. The van der Waals surface area contributed by atoms with Gasteiger partial charge >= 0.3 is 5.97 Å². The molecule has 7 nitrogen and oxygen atoms in total. The normalized spacial score (nSPS) is 13.8. The number of ether oxygens (including phenoxy) is 1. The fraction of sp³-hybridized carbons (Fsp3) is 0.364. The van der Waals surface area contributed by atoms with Gasteiger partial charge in [0.2, 0.25) is 5.91 Å². The van der Waals surface area contributed by atoms with E-state index >= 15 is 0 Å². The summed E-state index contributed by atoms with van der Waals surface area (Å²) < 4.78 is 7.89. The van der Waals surface area contributed by atoms with Crippen LogP contribution in [-0.4, -0.2) is 41.0 Å². The molecule has 0 aliphatic heterocycles. The monoisotopic (exact) mass is 489 g/mol. The molecule has 0 bridgehead atoms. The van der Waals surface area contributed by atoms with E-state index in [0.717, 1.165) is 46.3 Å². The van der Waals surface area contributed by atoms with E-state index in [2.05, 4.69) is 10.3 Å². The minimum Gasteiger partial charge on any atom is -0.465 e. The second kappa shape index (κ2) is 10.0. The maximum atomic E-state index is 12.5. The maximum Gasteiger partial charge on any atom is 0.341 e. The fourth-order valence-corrected chi connectivity index (χ4v) is 6.62. The summed E-state index contributed by atoms with van der Waals surface area (Å²) in [7, 11) is 3.23. The van der Waals surface area contributed by atoms with Crippen LogP contribution >= 0.6 is 34.4 Å². The van der Waals surface area contributed by atoms with Crippen LogP contribution in [0.3, 0.4) is 0 Å². The molecule has 1 aromatic carbocycles. The average Bonchev–Trinajstić information content (AvgIpc) is 3.30. The highest BCUT2D eigenvalue weighted by molar-refractivity contribution is 8.00. The van der Waals surface area contributed by atoms with Crippen LogP contribution < -0.4 is 10.1 Å². The zero-order valence-corrected chi connectivity index (χ0v) is 20.3. The molecule has 0 radical (unpaired) electrons. The highest BCUT2D eigenvalue weighted by atomic mass is 32.2. The van der Waals surface area contributed by atoms with Crippen molar-refractivity contribution in [3.8, 4) is 0 Å². The van der Waals surface area contributed by atoms with Crippen LogP contribution in [0, 0.1) is 0 Å². The molecule has 0 spiro atoms. The van der Waals surface area contributed by atoms with Gasteiger partial charge in [-0.1, -0.05) is 23.5 Å². The largest absolute Gasteiger partial charge is 0.465 e. The van der Waals surface area contributed by atoms with Crippen LogP contribution in [0.4, 0.5) is 5.00 Å². The van der Waals surface area contributed by atoms with Crippen LogP contribution in [0.15, 0.2) is 29.3 Å². The summed E-state index contributed by atoms with van der Waals surface area (Å²) in [4.78, 5) is 43.1. The molecule has 0 atom stereocenters. The molecular formula is C22H23N3O4S3. The van der Waals surface area contributed by atoms with Crippen LogP contribution in [0.2, 0.25) is 0 Å². The molecule has 0 saturated carbocycles. The van der Waals surface area contributed by atoms with Crippen molar-refractivity contribution in [1.82, 2.24) is 4.57 Å². The summed E-state index contributed by atoms with van der Waals surface area (Å²) in [5, 5.41) is 3.39. The number of nitrogens with one attached hydrogen (secondary N) is 1. The number of thioether (sulfide) groups is 1. The topological polar surface area (TPSA) is 89.8 Å². The molecule has 1 N–H and O–H groups in total. The predicted octanol–water partition coefficient (Wildman–Crippen LogP) is 3.77. The first kappa shape index (κ1) is 22.8. The standard InChI is InChI=1S/C22H23N3O4S3/c1-25-14-8-4-6-10-16(14)32-22(25)24-18(27)12-30-11-17(26)23-20-19(21(28)29-2)13-7-3-5-9-15(13)31-20/h4,6,8,10H,3,5,7,9,11-12H2,1-2H3,(H,23,26). The van der Waals surface area contributed by atoms with Crippen molar-refractivity contribution in [3.63, 3.8) is 0 Å². The zero-order valence-electron chi connectivity index (χ0n) is 17.8. The summed E-state index contributed by atoms with van der Waals surface area (Å²) in [5.74, 6) is -0.751. The Morgan fingerprint density at radius 2 is 1.94 bits per heavy atom. The number of carbonyl (C=O) groups is 3. The van der Waals surface area contributed by atoms with Gasteiger partial charge in [-0.2, -0.15) is 4.99 Å². The third-order valence-electron chi connectivity index (χ3n) is 5.21. The van der Waals surface area contributed by atoms with E-state index in [0.29, 0.717) is 15.4 Å². The first-order chi connectivity index (χ1) is 15.5. The number of anilines is 1. The predicted molar refractivity (Wildman–Crippen MR) is 130 cm³/mol. The van der Waals surface area contributed by atoms with Gasteiger partial charge in [-0.05, 0) is 43.4 Å². The zero-order chi connectivity index (χ0) is 22.7. The van der Waals surface area contributed by atoms with E-state index in [-0.39, 0.29) is 23.3 Å². The highest BCUT2D eigenvalue weighted by Gasteiger charge is 2.26. The lowest BCUT2D eigenvalue weighted by Crippen LogP contribution is -2.18. The molecule has 0 saturated heterocycles. The van der Waals surface area contributed by atoms with E-state index in [9.17, 15) is 14.4 Å². The molecule has 32 heavy (non-hydrogen) atoms. The highest BCUT2D eigenvalue weighted by Crippen LogP contribution is 2.38. The Morgan fingerprint density at radius 3 is 2.72 bits per heavy atom. The molecule has 10 heteroatoms. The van der Waals surface area contributed by atoms with Crippen LogP contribution in [0.25, 0.3) is 10.2 Å². The molecule has 168 valence electrons. The number of benzene rings is 1. The molecule has 1 aliphatic carbocycles. The molecular weight excluding hydrogens is 466 g/mol. The van der Waals surface area contributed by atoms with Crippen molar-refractivity contribution in [3.05, 3.63) is 45.1 Å². The first-order valence-electron chi connectivity index (χ1n) is 10.2. The number of para-hydroxylation sites is 1. The van der Waals surface area contributed by atoms with Gasteiger partial charge in [0.05, 0.1) is 34.4 Å². The Kier molecular flexibility index (Phi) is 7.12. The number of thiophene rings is 1. The second-order valence-electron chi connectivity index (χ2n) is 7.36. The molecule has 2 amide bonds. The minimum atomic E-state index is -0.419. The molecule has 2 heterocycles. The van der Waals surface area contributed by atoms with Crippen LogP contribution in [0.1, 0.15) is 33.6 Å². The van der Waals surface area contributed by atoms with Crippen LogP contribution in [0.5, 0.6) is 0 Å². The summed E-state index contributed by atoms with van der Waals surface area (Å²) >= 11 is 4.11. The van der Waals surface area contributed by atoms with E-state index < -0.39 is 5.97 Å². The van der Waals surface area contributed by atoms with E-state index in [1.54, 1.807) is 0 Å². The summed E-state index contributed by atoms with van der Waals surface area (Å²) in [6, 6.07) is 7.88. The molecule has 3 aromatic rings. The number of carbonyl (C=O) groups excluding carboxylic acids is 3.